The Hall–Kier alpha value is -4.18. The van der Waals surface area contributed by atoms with E-state index in [-0.39, 0.29) is 30.3 Å². The maximum Gasteiger partial charge on any atom is 0.329 e. The number of hydrogen-bond acceptors (Lipinski definition) is 7. The number of anilines is 1. The molecule has 176 valence electrons. The molecule has 0 radical (unpaired) electrons. The van der Waals surface area contributed by atoms with Gasteiger partial charge in [0.15, 0.2) is 11.2 Å². The van der Waals surface area contributed by atoms with Crippen LogP contribution in [0.3, 0.4) is 0 Å². The summed E-state index contributed by atoms with van der Waals surface area (Å²) < 4.78 is 8.44. The molecule has 0 bridgehead atoms. The van der Waals surface area contributed by atoms with Crippen molar-refractivity contribution in [3.63, 3.8) is 0 Å². The first-order valence-electron chi connectivity index (χ1n) is 10.8. The molecule has 10 nitrogen and oxygen atoms in total. The zero-order chi connectivity index (χ0) is 24.2. The van der Waals surface area contributed by atoms with Crippen molar-refractivity contribution in [3.05, 3.63) is 86.6 Å². The highest BCUT2D eigenvalue weighted by atomic mass is 16.5. The molecule has 2 aromatic carbocycles. The van der Waals surface area contributed by atoms with Crippen LogP contribution < -0.4 is 21.4 Å². The minimum Gasteiger partial charge on any atom is -0.491 e. The van der Waals surface area contributed by atoms with E-state index in [9.17, 15) is 14.7 Å². The highest BCUT2D eigenvalue weighted by Crippen LogP contribution is 2.18. The monoisotopic (exact) mass is 462 g/mol. The van der Waals surface area contributed by atoms with E-state index in [2.05, 4.69) is 20.5 Å². The number of aliphatic hydroxyl groups is 1. The fourth-order valence-corrected chi connectivity index (χ4v) is 3.54. The average molecular weight is 463 g/mol. The summed E-state index contributed by atoms with van der Waals surface area (Å²) in [5, 5.41) is 15.1. The van der Waals surface area contributed by atoms with Crippen molar-refractivity contribution in [3.8, 4) is 5.75 Å². The van der Waals surface area contributed by atoms with Crippen molar-refractivity contribution in [2.45, 2.75) is 26.5 Å². The molecule has 0 spiro atoms. The van der Waals surface area contributed by atoms with Crippen LogP contribution in [0.5, 0.6) is 5.75 Å². The van der Waals surface area contributed by atoms with Crippen molar-refractivity contribution in [1.29, 1.82) is 0 Å². The topological polar surface area (TPSA) is 127 Å². The van der Waals surface area contributed by atoms with Crippen molar-refractivity contribution < 1.29 is 9.84 Å². The second-order valence-corrected chi connectivity index (χ2v) is 7.99. The molecule has 3 N–H and O–H groups in total. The molecule has 0 aliphatic rings. The Morgan fingerprint density at radius 3 is 2.71 bits per heavy atom. The van der Waals surface area contributed by atoms with Gasteiger partial charge in [0, 0.05) is 7.05 Å². The van der Waals surface area contributed by atoms with Crippen molar-refractivity contribution in [2.75, 3.05) is 12.0 Å². The van der Waals surface area contributed by atoms with E-state index >= 15 is 0 Å². The van der Waals surface area contributed by atoms with E-state index in [0.717, 1.165) is 11.1 Å². The normalized spacial score (nSPS) is 12.6. The van der Waals surface area contributed by atoms with Gasteiger partial charge in [-0.25, -0.2) is 10.2 Å². The highest BCUT2D eigenvalue weighted by molar-refractivity contribution is 5.99. The summed E-state index contributed by atoms with van der Waals surface area (Å²) in [5.74, 6) is 0.850. The van der Waals surface area contributed by atoms with Gasteiger partial charge in [-0.1, -0.05) is 42.5 Å². The Balaban J connectivity index is 1.65. The van der Waals surface area contributed by atoms with E-state index in [0.29, 0.717) is 11.5 Å². The quantitative estimate of drug-likeness (QED) is 0.272. The number of aromatic nitrogens is 4. The van der Waals surface area contributed by atoms with Crippen LogP contribution in [-0.2, 0) is 13.6 Å². The molecule has 4 aromatic rings. The molecule has 2 aromatic heterocycles. The Morgan fingerprint density at radius 2 is 1.97 bits per heavy atom. The summed E-state index contributed by atoms with van der Waals surface area (Å²) in [6.45, 7) is 3.78. The maximum atomic E-state index is 12.6. The molecular formula is C24H26N6O4. The summed E-state index contributed by atoms with van der Waals surface area (Å²) in [6.07, 6.45) is -0.964. The van der Waals surface area contributed by atoms with Crippen LogP contribution in [-0.4, -0.2) is 42.6 Å². The van der Waals surface area contributed by atoms with Crippen LogP contribution >= 0.6 is 0 Å². The molecule has 0 aliphatic carbocycles. The number of nitrogens with one attached hydrogen (secondary N) is 2. The lowest BCUT2D eigenvalue weighted by Crippen LogP contribution is -2.30. The number of ether oxygens (including phenoxy) is 1. The molecule has 0 aliphatic heterocycles. The Bertz CT molecular complexity index is 1450. The molecular weight excluding hydrogens is 436 g/mol. The van der Waals surface area contributed by atoms with Crippen molar-refractivity contribution in [1.82, 2.24) is 19.1 Å². The van der Waals surface area contributed by atoms with Gasteiger partial charge < -0.3 is 14.4 Å². The fraction of sp³-hybridized carbons (Fsp3) is 0.250. The smallest absolute Gasteiger partial charge is 0.329 e. The van der Waals surface area contributed by atoms with Crippen LogP contribution in [0.2, 0.25) is 0 Å². The van der Waals surface area contributed by atoms with Crippen molar-refractivity contribution in [2.24, 2.45) is 12.1 Å². The summed E-state index contributed by atoms with van der Waals surface area (Å²) >= 11 is 0. The predicted octanol–water partition coefficient (Wildman–Crippen LogP) is 2.01. The lowest BCUT2D eigenvalue weighted by Gasteiger charge is -2.15. The minimum atomic E-state index is -0.964. The van der Waals surface area contributed by atoms with E-state index in [1.807, 2.05) is 62.4 Å². The number of aromatic amines is 1. The molecule has 0 saturated carbocycles. The number of aryl methyl sites for hydroxylation is 2. The second kappa shape index (κ2) is 9.75. The Labute approximate surface area is 195 Å². The third kappa shape index (κ3) is 4.91. The molecule has 0 saturated heterocycles. The third-order valence-electron chi connectivity index (χ3n) is 5.35. The standard InChI is InChI=1S/C24H26N6O4/c1-15-8-7-11-19(12-15)34-14-18(31)13-30-20-21(29(3)24(33)26-22(20)32)25-23(30)28-27-16(2)17-9-5-4-6-10-17/h4-12,18,31H,13-14H2,1-3H3,(H,25,28)(H,26,32,33). The molecule has 0 amide bonds. The summed E-state index contributed by atoms with van der Waals surface area (Å²) in [5.41, 5.74) is 4.67. The first kappa shape index (κ1) is 23.0. The maximum absolute atomic E-state index is 12.6. The van der Waals surface area contributed by atoms with Crippen LogP contribution in [0.1, 0.15) is 18.1 Å². The lowest BCUT2D eigenvalue weighted by molar-refractivity contribution is 0.0938. The fourth-order valence-electron chi connectivity index (χ4n) is 3.54. The first-order valence-corrected chi connectivity index (χ1v) is 10.8. The van der Waals surface area contributed by atoms with Crippen molar-refractivity contribution >= 4 is 22.8 Å². The van der Waals surface area contributed by atoms with Gasteiger partial charge in [0.25, 0.3) is 5.56 Å². The SMILES string of the molecule is CC(=NNc1nc2c(c(=O)[nH]c(=O)n2C)n1CC(O)COc1cccc(C)c1)c1ccccc1. The minimum absolute atomic E-state index is 0.00144. The van der Waals surface area contributed by atoms with Gasteiger partial charge in [0.05, 0.1) is 12.3 Å². The largest absolute Gasteiger partial charge is 0.491 e. The molecule has 0 fully saturated rings. The number of hydrazone groups is 1. The average Bonchev–Trinajstić information content (AvgIpc) is 3.19. The highest BCUT2D eigenvalue weighted by Gasteiger charge is 2.20. The second-order valence-electron chi connectivity index (χ2n) is 7.99. The van der Waals surface area contributed by atoms with E-state index in [1.54, 1.807) is 6.07 Å². The third-order valence-corrected chi connectivity index (χ3v) is 5.35. The van der Waals surface area contributed by atoms with Gasteiger partial charge >= 0.3 is 5.69 Å². The zero-order valence-corrected chi connectivity index (χ0v) is 19.1. The number of H-pyrrole nitrogens is 1. The van der Waals surface area contributed by atoms with Crippen LogP contribution in [0, 0.1) is 6.92 Å². The molecule has 1 atom stereocenters. The Kier molecular flexibility index (Phi) is 6.60. The molecule has 2 heterocycles. The summed E-state index contributed by atoms with van der Waals surface area (Å²) in [4.78, 5) is 31.4. The van der Waals surface area contributed by atoms with Crippen LogP contribution in [0.15, 0.2) is 69.3 Å². The van der Waals surface area contributed by atoms with E-state index in [1.165, 1.54) is 16.2 Å². The van der Waals surface area contributed by atoms with Gasteiger partial charge in [0.2, 0.25) is 5.95 Å². The van der Waals surface area contributed by atoms with Gasteiger partial charge in [-0.3, -0.25) is 14.3 Å². The number of aliphatic hydroxyl groups excluding tert-OH is 1. The molecule has 34 heavy (non-hydrogen) atoms. The van der Waals surface area contributed by atoms with Gasteiger partial charge in [-0.05, 0) is 37.1 Å². The lowest BCUT2D eigenvalue weighted by atomic mass is 10.1. The summed E-state index contributed by atoms with van der Waals surface area (Å²) in [6, 6.07) is 17.1. The Morgan fingerprint density at radius 1 is 1.21 bits per heavy atom. The number of fused-ring (bicyclic) bond motifs is 1. The number of imidazole rings is 1. The number of benzene rings is 2. The molecule has 1 unspecified atom stereocenters. The van der Waals surface area contributed by atoms with Crippen LogP contribution in [0.4, 0.5) is 5.95 Å². The summed E-state index contributed by atoms with van der Waals surface area (Å²) in [7, 11) is 1.51. The van der Waals surface area contributed by atoms with E-state index in [4.69, 9.17) is 4.74 Å². The van der Waals surface area contributed by atoms with Gasteiger partial charge in [-0.2, -0.15) is 10.1 Å². The molecule has 4 rings (SSSR count). The molecule has 10 heteroatoms. The van der Waals surface area contributed by atoms with Gasteiger partial charge in [-0.15, -0.1) is 0 Å². The predicted molar refractivity (Wildman–Crippen MR) is 131 cm³/mol. The van der Waals surface area contributed by atoms with Crippen LogP contribution in [0.25, 0.3) is 11.2 Å². The zero-order valence-electron chi connectivity index (χ0n) is 19.1. The number of hydrogen-bond donors (Lipinski definition) is 3. The first-order chi connectivity index (χ1) is 16.3. The van der Waals surface area contributed by atoms with Gasteiger partial charge in [0.1, 0.15) is 18.5 Å². The number of rotatable bonds is 8. The van der Waals surface area contributed by atoms with E-state index < -0.39 is 17.4 Å². The number of nitrogens with zero attached hydrogens (tertiary/aromatic N) is 4.